The van der Waals surface area contributed by atoms with Crippen LogP contribution in [-0.2, 0) is 20.0 Å². The van der Waals surface area contributed by atoms with Crippen molar-refractivity contribution in [2.45, 2.75) is 52.6 Å². The Balaban J connectivity index is 1.47. The molecule has 0 bridgehead atoms. The van der Waals surface area contributed by atoms with E-state index in [4.69, 9.17) is 44.9 Å². The fourth-order valence-electron chi connectivity index (χ4n) is 5.25. The third kappa shape index (κ3) is 5.63. The first-order valence-electron chi connectivity index (χ1n) is 13.3. The molecule has 1 aromatic carbocycles. The summed E-state index contributed by atoms with van der Waals surface area (Å²) in [5.74, 6) is 0.536. The van der Waals surface area contributed by atoms with Gasteiger partial charge < -0.3 is 9.55 Å². The summed E-state index contributed by atoms with van der Waals surface area (Å²) in [5.41, 5.74) is 3.56. The van der Waals surface area contributed by atoms with Gasteiger partial charge in [-0.05, 0) is 44.0 Å². The second-order valence-corrected chi connectivity index (χ2v) is 12.1. The lowest BCUT2D eigenvalue weighted by molar-refractivity contribution is 0.102. The zero-order valence-corrected chi connectivity index (χ0v) is 25.2. The van der Waals surface area contributed by atoms with Gasteiger partial charge in [-0.15, -0.1) is 0 Å². The molecule has 5 rings (SSSR count). The van der Waals surface area contributed by atoms with Crippen molar-refractivity contribution in [1.82, 2.24) is 34.1 Å². The van der Waals surface area contributed by atoms with Crippen molar-refractivity contribution in [1.29, 1.82) is 0 Å². The van der Waals surface area contributed by atoms with Crippen molar-refractivity contribution in [2.75, 3.05) is 26.2 Å². The summed E-state index contributed by atoms with van der Waals surface area (Å²) >= 11 is 19.2. The largest absolute Gasteiger partial charge is 0.350 e. The molecule has 11 heteroatoms. The van der Waals surface area contributed by atoms with Gasteiger partial charge in [0.25, 0.3) is 5.56 Å². The van der Waals surface area contributed by atoms with Gasteiger partial charge in [-0.3, -0.25) is 14.6 Å². The van der Waals surface area contributed by atoms with Crippen molar-refractivity contribution in [3.05, 3.63) is 72.6 Å². The zero-order chi connectivity index (χ0) is 28.0. The first-order chi connectivity index (χ1) is 18.5. The summed E-state index contributed by atoms with van der Waals surface area (Å²) in [6.45, 7) is 13.7. The Bertz CT molecular complexity index is 1540. The molecule has 8 nitrogen and oxygen atoms in total. The number of rotatable bonds is 7. The van der Waals surface area contributed by atoms with E-state index >= 15 is 0 Å². The van der Waals surface area contributed by atoms with E-state index in [1.54, 1.807) is 16.8 Å². The fourth-order valence-corrected chi connectivity index (χ4v) is 6.23. The van der Waals surface area contributed by atoms with E-state index in [1.807, 2.05) is 13.8 Å². The second-order valence-electron chi connectivity index (χ2n) is 10.8. The number of nitrogens with one attached hydrogen (secondary N) is 1. The Hall–Kier alpha value is -2.36. The van der Waals surface area contributed by atoms with Gasteiger partial charge in [0.15, 0.2) is 5.65 Å². The standard InChI is InChI=1S/C28H34Cl3N7O/c1-16(2)25-24-27(38(34-25)26-21(30)12-18(29)13-22(26)31)32-23(33-28(24)39)14-19-6-7-20(35(19)5)15-36-8-10-37(11-9-36)17(3)4/h6-7,12-13,16-17H,8-11,14-15H2,1-5H3,(H,32,33,39). The number of benzene rings is 1. The summed E-state index contributed by atoms with van der Waals surface area (Å²) in [6, 6.07) is 8.06. The molecule has 0 spiro atoms. The Morgan fingerprint density at radius 3 is 2.23 bits per heavy atom. The van der Waals surface area contributed by atoms with E-state index < -0.39 is 0 Å². The van der Waals surface area contributed by atoms with Gasteiger partial charge in [-0.1, -0.05) is 48.7 Å². The van der Waals surface area contributed by atoms with Crippen LogP contribution < -0.4 is 5.56 Å². The first kappa shape index (κ1) is 28.2. The highest BCUT2D eigenvalue weighted by Crippen LogP contribution is 2.34. The van der Waals surface area contributed by atoms with E-state index in [-0.39, 0.29) is 11.5 Å². The minimum atomic E-state index is -0.233. The molecule has 1 saturated heterocycles. The number of aromatic nitrogens is 5. The van der Waals surface area contributed by atoms with Gasteiger partial charge in [0.05, 0.1) is 15.7 Å². The van der Waals surface area contributed by atoms with Crippen LogP contribution in [0.3, 0.4) is 0 Å². The summed E-state index contributed by atoms with van der Waals surface area (Å²) in [7, 11) is 2.07. The minimum Gasteiger partial charge on any atom is -0.350 e. The van der Waals surface area contributed by atoms with Crippen LogP contribution in [0.1, 0.15) is 56.5 Å². The van der Waals surface area contributed by atoms with E-state index in [2.05, 4.69) is 52.4 Å². The number of hydrogen-bond acceptors (Lipinski definition) is 5. The SMILES string of the molecule is CC(C)c1nn(-c2c(Cl)cc(Cl)cc2Cl)c2nc(Cc3ccc(CN4CCN(C(C)C)CC4)n3C)[nH]c(=O)c12. The van der Waals surface area contributed by atoms with Crippen LogP contribution in [0.2, 0.25) is 15.1 Å². The van der Waals surface area contributed by atoms with Crippen molar-refractivity contribution in [3.8, 4) is 5.69 Å². The van der Waals surface area contributed by atoms with Gasteiger partial charge in [0, 0.05) is 68.6 Å². The molecule has 0 unspecified atom stereocenters. The minimum absolute atomic E-state index is 0.00909. The Morgan fingerprint density at radius 2 is 1.62 bits per heavy atom. The molecule has 1 fully saturated rings. The fraction of sp³-hybridized carbons (Fsp3) is 0.464. The van der Waals surface area contributed by atoms with Gasteiger partial charge in [0.2, 0.25) is 0 Å². The molecular formula is C28H34Cl3N7O. The third-order valence-electron chi connectivity index (χ3n) is 7.56. The molecule has 0 amide bonds. The number of fused-ring (bicyclic) bond motifs is 1. The van der Waals surface area contributed by atoms with Crippen LogP contribution in [0.4, 0.5) is 0 Å². The molecule has 0 aliphatic carbocycles. The molecule has 1 aliphatic heterocycles. The normalized spacial score (nSPS) is 15.3. The molecule has 4 aromatic rings. The number of hydrogen-bond donors (Lipinski definition) is 1. The zero-order valence-electron chi connectivity index (χ0n) is 22.9. The predicted molar refractivity (Wildman–Crippen MR) is 159 cm³/mol. The van der Waals surface area contributed by atoms with Gasteiger partial charge in [0.1, 0.15) is 16.9 Å². The lowest BCUT2D eigenvalue weighted by Gasteiger charge is -2.36. The molecule has 0 atom stereocenters. The molecular weight excluding hydrogens is 557 g/mol. The smallest absolute Gasteiger partial charge is 0.262 e. The maximum absolute atomic E-state index is 13.4. The third-order valence-corrected chi connectivity index (χ3v) is 8.35. The van der Waals surface area contributed by atoms with Crippen molar-refractivity contribution < 1.29 is 0 Å². The maximum Gasteiger partial charge on any atom is 0.262 e. The van der Waals surface area contributed by atoms with E-state index in [1.165, 1.54) is 5.69 Å². The molecule has 208 valence electrons. The summed E-state index contributed by atoms with van der Waals surface area (Å²) in [6.07, 6.45) is 0.465. The number of piperazine rings is 1. The van der Waals surface area contributed by atoms with Gasteiger partial charge >= 0.3 is 0 Å². The van der Waals surface area contributed by atoms with E-state index in [0.717, 1.165) is 38.4 Å². The average molecular weight is 591 g/mol. The average Bonchev–Trinajstić information content (AvgIpc) is 3.40. The maximum atomic E-state index is 13.4. The highest BCUT2D eigenvalue weighted by atomic mass is 35.5. The van der Waals surface area contributed by atoms with Crippen LogP contribution in [0.5, 0.6) is 0 Å². The van der Waals surface area contributed by atoms with Crippen LogP contribution in [0.25, 0.3) is 16.7 Å². The molecule has 1 N–H and O–H groups in total. The van der Waals surface area contributed by atoms with Crippen LogP contribution >= 0.6 is 34.8 Å². The lowest BCUT2D eigenvalue weighted by Crippen LogP contribution is -2.48. The number of halogens is 3. The highest BCUT2D eigenvalue weighted by Gasteiger charge is 2.24. The molecule has 0 radical (unpaired) electrons. The molecule has 4 heterocycles. The molecule has 1 aliphatic rings. The Morgan fingerprint density at radius 1 is 0.974 bits per heavy atom. The molecule has 3 aromatic heterocycles. The molecule has 0 saturated carbocycles. The lowest BCUT2D eigenvalue weighted by atomic mass is 10.1. The van der Waals surface area contributed by atoms with E-state index in [0.29, 0.717) is 55.8 Å². The van der Waals surface area contributed by atoms with Gasteiger partial charge in [-0.25, -0.2) is 9.67 Å². The second kappa shape index (κ2) is 11.3. The number of H-pyrrole nitrogens is 1. The highest BCUT2D eigenvalue weighted by molar-refractivity contribution is 6.40. The Kier molecular flexibility index (Phi) is 8.13. The van der Waals surface area contributed by atoms with Crippen molar-refractivity contribution >= 4 is 45.8 Å². The molecule has 39 heavy (non-hydrogen) atoms. The van der Waals surface area contributed by atoms with E-state index in [9.17, 15) is 4.79 Å². The van der Waals surface area contributed by atoms with Crippen molar-refractivity contribution in [2.24, 2.45) is 7.05 Å². The summed E-state index contributed by atoms with van der Waals surface area (Å²) in [4.78, 5) is 26.2. The monoisotopic (exact) mass is 589 g/mol. The number of aromatic amines is 1. The quantitative estimate of drug-likeness (QED) is 0.301. The van der Waals surface area contributed by atoms with Crippen LogP contribution in [0.15, 0.2) is 29.1 Å². The Labute approximate surface area is 243 Å². The van der Waals surface area contributed by atoms with Crippen LogP contribution in [0, 0.1) is 0 Å². The van der Waals surface area contributed by atoms with Gasteiger partial charge in [-0.2, -0.15) is 5.10 Å². The van der Waals surface area contributed by atoms with Crippen LogP contribution in [-0.4, -0.2) is 66.3 Å². The first-order valence-corrected chi connectivity index (χ1v) is 14.4. The number of nitrogens with zero attached hydrogens (tertiary/aromatic N) is 6. The summed E-state index contributed by atoms with van der Waals surface area (Å²) in [5, 5.41) is 6.24. The predicted octanol–water partition coefficient (Wildman–Crippen LogP) is 5.65. The topological polar surface area (TPSA) is 75.0 Å². The summed E-state index contributed by atoms with van der Waals surface area (Å²) < 4.78 is 3.76. The van der Waals surface area contributed by atoms with Crippen molar-refractivity contribution in [3.63, 3.8) is 0 Å².